The number of rotatable bonds is 9. The maximum atomic E-state index is 12.1. The summed E-state index contributed by atoms with van der Waals surface area (Å²) in [6.07, 6.45) is 4.24. The van der Waals surface area contributed by atoms with Crippen molar-refractivity contribution in [3.63, 3.8) is 0 Å². The van der Waals surface area contributed by atoms with Gasteiger partial charge in [-0.1, -0.05) is 23.7 Å². The predicted molar refractivity (Wildman–Crippen MR) is 151 cm³/mol. The summed E-state index contributed by atoms with van der Waals surface area (Å²) in [6, 6.07) is 8.48. The third-order valence-corrected chi connectivity index (χ3v) is 8.40. The number of hydrogen-bond acceptors (Lipinski definition) is 9. The van der Waals surface area contributed by atoms with Crippen LogP contribution in [0.25, 0.3) is 22.3 Å². The lowest BCUT2D eigenvalue weighted by molar-refractivity contribution is 0.0322. The molecule has 3 heterocycles. The molecule has 1 fully saturated rings. The Bertz CT molecular complexity index is 1570. The minimum absolute atomic E-state index is 0.253. The van der Waals surface area contributed by atoms with Crippen molar-refractivity contribution in [1.29, 1.82) is 0 Å². The van der Waals surface area contributed by atoms with Crippen molar-refractivity contribution in [3.8, 4) is 16.9 Å². The molecule has 12 heteroatoms. The molecule has 0 spiro atoms. The quantitative estimate of drug-likeness (QED) is 0.304. The van der Waals surface area contributed by atoms with Gasteiger partial charge in [0.1, 0.15) is 24.2 Å². The summed E-state index contributed by atoms with van der Waals surface area (Å²) in [6.45, 7) is 8.32. The number of aromatic nitrogens is 4. The first kappa shape index (κ1) is 27.3. The molecule has 10 nitrogen and oxygen atoms in total. The van der Waals surface area contributed by atoms with Gasteiger partial charge in [0, 0.05) is 42.0 Å². The topological polar surface area (TPSA) is 122 Å². The van der Waals surface area contributed by atoms with Gasteiger partial charge in [0.05, 0.1) is 30.5 Å². The highest BCUT2D eigenvalue weighted by atomic mass is 35.5. The Morgan fingerprint density at radius 1 is 1.18 bits per heavy atom. The Morgan fingerprint density at radius 2 is 1.92 bits per heavy atom. The number of anilines is 1. The number of hydrogen-bond donors (Lipinski definition) is 2. The SMILES string of the molecule is Cc1c(Cl)cc(C(C)Nc2ncnc3nc[nH]c23)c(OCCN2CCOCC2)c1-c1ccc(S(C)(=O)=O)cc1. The number of ether oxygens (including phenoxy) is 2. The summed E-state index contributed by atoms with van der Waals surface area (Å²) >= 11 is 6.78. The lowest BCUT2D eigenvalue weighted by Gasteiger charge is -2.28. The molecule has 4 aromatic rings. The standard InChI is InChI=1S/C27H31ClN6O4S/c1-17-22(28)14-21(18(2)33-27-24-26(30-15-29-24)31-16-32-27)25(38-13-10-34-8-11-37-12-9-34)23(17)19-4-6-20(7-5-19)39(3,35)36/h4-7,14-16,18H,8-13H2,1-3H3,(H2,29,30,31,32,33). The number of morpholine rings is 1. The van der Waals surface area contributed by atoms with E-state index in [0.717, 1.165) is 41.9 Å². The molecule has 0 bridgehead atoms. The second-order valence-corrected chi connectivity index (χ2v) is 12.0. The predicted octanol–water partition coefficient (Wildman–Crippen LogP) is 4.27. The highest BCUT2D eigenvalue weighted by molar-refractivity contribution is 7.90. The van der Waals surface area contributed by atoms with Gasteiger partial charge in [-0.3, -0.25) is 4.90 Å². The number of halogens is 1. The third-order valence-electron chi connectivity index (χ3n) is 6.88. The summed E-state index contributed by atoms with van der Waals surface area (Å²) in [5, 5.41) is 4.03. The first-order valence-corrected chi connectivity index (χ1v) is 15.0. The molecule has 1 aliphatic rings. The molecule has 2 aromatic carbocycles. The number of nitrogens with one attached hydrogen (secondary N) is 2. The Labute approximate surface area is 232 Å². The van der Waals surface area contributed by atoms with Gasteiger partial charge in [-0.05, 0) is 43.2 Å². The Hall–Kier alpha value is -3.25. The molecule has 0 aliphatic carbocycles. The van der Waals surface area contributed by atoms with Crippen LogP contribution in [0.5, 0.6) is 5.75 Å². The average molecular weight is 571 g/mol. The maximum Gasteiger partial charge on any atom is 0.182 e. The average Bonchev–Trinajstić information content (AvgIpc) is 3.41. The highest BCUT2D eigenvalue weighted by Crippen LogP contribution is 2.43. The molecule has 0 radical (unpaired) electrons. The lowest BCUT2D eigenvalue weighted by Crippen LogP contribution is -2.38. The molecular weight excluding hydrogens is 540 g/mol. The van der Waals surface area contributed by atoms with E-state index in [1.165, 1.54) is 12.6 Å². The van der Waals surface area contributed by atoms with Gasteiger partial charge in [0.25, 0.3) is 0 Å². The zero-order chi connectivity index (χ0) is 27.6. The van der Waals surface area contributed by atoms with Gasteiger partial charge in [0.2, 0.25) is 0 Å². The minimum Gasteiger partial charge on any atom is -0.491 e. The monoisotopic (exact) mass is 570 g/mol. The normalized spacial score (nSPS) is 15.4. The Balaban J connectivity index is 1.54. The van der Waals surface area contributed by atoms with Crippen LogP contribution in [0.4, 0.5) is 5.82 Å². The van der Waals surface area contributed by atoms with Gasteiger partial charge in [0.15, 0.2) is 21.3 Å². The van der Waals surface area contributed by atoms with Crippen molar-refractivity contribution >= 4 is 38.4 Å². The van der Waals surface area contributed by atoms with Gasteiger partial charge in [-0.25, -0.2) is 23.4 Å². The van der Waals surface area contributed by atoms with E-state index >= 15 is 0 Å². The smallest absolute Gasteiger partial charge is 0.182 e. The van der Waals surface area contributed by atoms with E-state index < -0.39 is 9.84 Å². The molecule has 0 saturated carbocycles. The van der Waals surface area contributed by atoms with Crippen LogP contribution in [0, 0.1) is 6.92 Å². The summed E-state index contributed by atoms with van der Waals surface area (Å²) < 4.78 is 36.1. The molecule has 1 saturated heterocycles. The third kappa shape index (κ3) is 6.01. The van der Waals surface area contributed by atoms with Crippen LogP contribution in [0.15, 0.2) is 47.9 Å². The molecule has 2 N–H and O–H groups in total. The molecule has 5 rings (SSSR count). The van der Waals surface area contributed by atoms with Crippen LogP contribution in [0.2, 0.25) is 5.02 Å². The molecule has 1 atom stereocenters. The fraction of sp³-hybridized carbons (Fsp3) is 0.370. The number of H-pyrrole nitrogens is 1. The van der Waals surface area contributed by atoms with Gasteiger partial charge >= 0.3 is 0 Å². The van der Waals surface area contributed by atoms with Crippen molar-refractivity contribution in [1.82, 2.24) is 24.8 Å². The number of sulfone groups is 1. The fourth-order valence-corrected chi connectivity index (χ4v) is 5.54. The summed E-state index contributed by atoms with van der Waals surface area (Å²) in [5.41, 5.74) is 4.60. The van der Waals surface area contributed by atoms with Crippen molar-refractivity contribution in [2.75, 3.05) is 51.0 Å². The molecule has 2 aromatic heterocycles. The fourth-order valence-electron chi connectivity index (χ4n) is 4.70. The van der Waals surface area contributed by atoms with Crippen molar-refractivity contribution in [2.45, 2.75) is 24.8 Å². The van der Waals surface area contributed by atoms with Crippen LogP contribution in [0.1, 0.15) is 24.1 Å². The molecule has 1 unspecified atom stereocenters. The van der Waals surface area contributed by atoms with E-state index in [-0.39, 0.29) is 10.9 Å². The number of benzene rings is 2. The van der Waals surface area contributed by atoms with Crippen LogP contribution < -0.4 is 10.1 Å². The summed E-state index contributed by atoms with van der Waals surface area (Å²) in [5.74, 6) is 1.30. The van der Waals surface area contributed by atoms with Crippen molar-refractivity contribution in [3.05, 3.63) is 59.1 Å². The first-order valence-electron chi connectivity index (χ1n) is 12.7. The van der Waals surface area contributed by atoms with Crippen molar-refractivity contribution in [2.24, 2.45) is 0 Å². The zero-order valence-electron chi connectivity index (χ0n) is 22.1. The molecule has 1 aliphatic heterocycles. The van der Waals surface area contributed by atoms with E-state index in [2.05, 4.69) is 30.2 Å². The zero-order valence-corrected chi connectivity index (χ0v) is 23.6. The van der Waals surface area contributed by atoms with E-state index in [1.807, 2.05) is 19.9 Å². The first-order chi connectivity index (χ1) is 18.7. The van der Waals surface area contributed by atoms with Gasteiger partial charge in [-0.2, -0.15) is 0 Å². The van der Waals surface area contributed by atoms with Crippen LogP contribution in [0.3, 0.4) is 0 Å². The number of fused-ring (bicyclic) bond motifs is 1. The van der Waals surface area contributed by atoms with E-state index in [9.17, 15) is 8.42 Å². The highest BCUT2D eigenvalue weighted by Gasteiger charge is 2.23. The molecule has 39 heavy (non-hydrogen) atoms. The van der Waals surface area contributed by atoms with E-state index in [4.69, 9.17) is 21.1 Å². The van der Waals surface area contributed by atoms with Crippen LogP contribution >= 0.6 is 11.6 Å². The summed E-state index contributed by atoms with van der Waals surface area (Å²) in [7, 11) is -3.33. The Morgan fingerprint density at radius 3 is 2.64 bits per heavy atom. The largest absolute Gasteiger partial charge is 0.491 e. The number of nitrogens with zero attached hydrogens (tertiary/aromatic N) is 4. The van der Waals surface area contributed by atoms with Crippen LogP contribution in [-0.2, 0) is 14.6 Å². The second kappa shape index (κ2) is 11.5. The minimum atomic E-state index is -3.33. The van der Waals surface area contributed by atoms with Crippen molar-refractivity contribution < 1.29 is 17.9 Å². The maximum absolute atomic E-state index is 12.1. The number of aromatic amines is 1. The van der Waals surface area contributed by atoms with E-state index in [0.29, 0.717) is 47.6 Å². The second-order valence-electron chi connectivity index (χ2n) is 9.57. The molecular formula is C27H31ClN6O4S. The van der Waals surface area contributed by atoms with Gasteiger partial charge in [-0.15, -0.1) is 0 Å². The summed E-state index contributed by atoms with van der Waals surface area (Å²) in [4.78, 5) is 18.5. The van der Waals surface area contributed by atoms with Crippen LogP contribution in [-0.4, -0.2) is 79.0 Å². The van der Waals surface area contributed by atoms with E-state index in [1.54, 1.807) is 30.6 Å². The molecule has 206 valence electrons. The molecule has 0 amide bonds. The Kier molecular flexibility index (Phi) is 8.03. The number of imidazole rings is 1. The van der Waals surface area contributed by atoms with Gasteiger partial charge < -0.3 is 19.8 Å². The lowest BCUT2D eigenvalue weighted by atomic mass is 9.93.